The SMILES string of the molecule is CCCCNc1ncc(-c2ccccn2)c(N=C2CCC(O)CC2)n1. The highest BCUT2D eigenvalue weighted by Crippen LogP contribution is 2.29. The van der Waals surface area contributed by atoms with Gasteiger partial charge in [-0.1, -0.05) is 19.4 Å². The summed E-state index contributed by atoms with van der Waals surface area (Å²) in [5, 5.41) is 12.9. The summed E-state index contributed by atoms with van der Waals surface area (Å²) < 4.78 is 0. The number of pyridine rings is 1. The number of nitrogens with zero attached hydrogens (tertiary/aromatic N) is 4. The van der Waals surface area contributed by atoms with E-state index < -0.39 is 0 Å². The minimum Gasteiger partial charge on any atom is -0.393 e. The highest BCUT2D eigenvalue weighted by atomic mass is 16.3. The number of unbranched alkanes of at least 4 members (excludes halogenated alkanes) is 1. The van der Waals surface area contributed by atoms with Gasteiger partial charge in [-0.2, -0.15) is 4.98 Å². The van der Waals surface area contributed by atoms with Gasteiger partial charge >= 0.3 is 0 Å². The second kappa shape index (κ2) is 8.67. The predicted molar refractivity (Wildman–Crippen MR) is 100 cm³/mol. The van der Waals surface area contributed by atoms with Crippen molar-refractivity contribution in [2.75, 3.05) is 11.9 Å². The fraction of sp³-hybridized carbons (Fsp3) is 0.474. The number of hydrogen-bond donors (Lipinski definition) is 2. The number of aliphatic imine (C=N–C) groups is 1. The third kappa shape index (κ3) is 4.82. The molecule has 1 aliphatic rings. The molecule has 2 N–H and O–H groups in total. The Bertz CT molecular complexity index is 707. The molecular weight excluding hydrogens is 314 g/mol. The number of aromatic nitrogens is 3. The van der Waals surface area contributed by atoms with Gasteiger partial charge in [0, 0.05) is 24.7 Å². The van der Waals surface area contributed by atoms with Crippen LogP contribution < -0.4 is 5.32 Å². The van der Waals surface area contributed by atoms with Crippen LogP contribution in [0.5, 0.6) is 0 Å². The molecule has 6 nitrogen and oxygen atoms in total. The maximum atomic E-state index is 9.69. The van der Waals surface area contributed by atoms with Crippen LogP contribution in [0.2, 0.25) is 0 Å². The van der Waals surface area contributed by atoms with Crippen LogP contribution in [0.1, 0.15) is 45.4 Å². The molecule has 1 aliphatic carbocycles. The zero-order chi connectivity index (χ0) is 17.5. The maximum absolute atomic E-state index is 9.69. The minimum atomic E-state index is -0.203. The van der Waals surface area contributed by atoms with Crippen molar-refractivity contribution in [1.29, 1.82) is 0 Å². The predicted octanol–water partition coefficient (Wildman–Crippen LogP) is 3.76. The van der Waals surface area contributed by atoms with Crippen LogP contribution in [0.4, 0.5) is 11.8 Å². The highest BCUT2D eigenvalue weighted by Gasteiger charge is 2.17. The zero-order valence-electron chi connectivity index (χ0n) is 14.6. The molecule has 0 saturated heterocycles. The fourth-order valence-corrected chi connectivity index (χ4v) is 2.82. The molecule has 0 atom stereocenters. The Morgan fingerprint density at radius 1 is 1.24 bits per heavy atom. The first-order valence-corrected chi connectivity index (χ1v) is 9.03. The summed E-state index contributed by atoms with van der Waals surface area (Å²) in [6.45, 7) is 3.00. The van der Waals surface area contributed by atoms with Gasteiger partial charge in [0.1, 0.15) is 0 Å². The molecule has 0 aliphatic heterocycles. The van der Waals surface area contributed by atoms with Crippen LogP contribution in [0.15, 0.2) is 35.6 Å². The Hall–Kier alpha value is -2.34. The van der Waals surface area contributed by atoms with E-state index in [1.165, 1.54) is 0 Å². The van der Waals surface area contributed by atoms with E-state index in [0.29, 0.717) is 11.8 Å². The average molecular weight is 339 g/mol. The first-order chi connectivity index (χ1) is 12.3. The van der Waals surface area contributed by atoms with Crippen molar-refractivity contribution < 1.29 is 5.11 Å². The van der Waals surface area contributed by atoms with E-state index in [1.807, 2.05) is 18.2 Å². The molecule has 0 bridgehead atoms. The summed E-state index contributed by atoms with van der Waals surface area (Å²) in [6, 6.07) is 5.78. The standard InChI is InChI=1S/C19H25N5O/c1-2-3-11-21-19-22-13-16(17-6-4-5-12-20-17)18(24-19)23-14-7-9-15(25)10-8-14/h4-6,12-13,15,25H,2-3,7-11H2,1H3,(H,21,22,24). The third-order valence-electron chi connectivity index (χ3n) is 4.32. The van der Waals surface area contributed by atoms with Gasteiger partial charge < -0.3 is 10.4 Å². The summed E-state index contributed by atoms with van der Waals surface area (Å²) in [5.41, 5.74) is 2.73. The van der Waals surface area contributed by atoms with Crippen molar-refractivity contribution >= 4 is 17.5 Å². The van der Waals surface area contributed by atoms with E-state index in [4.69, 9.17) is 4.99 Å². The lowest BCUT2D eigenvalue weighted by Crippen LogP contribution is -2.17. The molecule has 0 spiro atoms. The number of aliphatic hydroxyl groups excluding tert-OH is 1. The summed E-state index contributed by atoms with van der Waals surface area (Å²) in [4.78, 5) is 18.2. The van der Waals surface area contributed by atoms with Gasteiger partial charge in [0.25, 0.3) is 0 Å². The fourth-order valence-electron chi connectivity index (χ4n) is 2.82. The number of aliphatic hydroxyl groups is 1. The quantitative estimate of drug-likeness (QED) is 0.783. The Kier molecular flexibility index (Phi) is 6.06. The minimum absolute atomic E-state index is 0.203. The summed E-state index contributed by atoms with van der Waals surface area (Å²) >= 11 is 0. The van der Waals surface area contributed by atoms with Crippen LogP contribution in [0.3, 0.4) is 0 Å². The summed E-state index contributed by atoms with van der Waals surface area (Å²) in [5.74, 6) is 1.25. The Labute approximate surface area is 148 Å². The van der Waals surface area contributed by atoms with Crippen LogP contribution in [-0.2, 0) is 0 Å². The van der Waals surface area contributed by atoms with Gasteiger partial charge in [0.2, 0.25) is 5.95 Å². The van der Waals surface area contributed by atoms with Crippen molar-refractivity contribution in [1.82, 2.24) is 15.0 Å². The molecule has 2 aromatic rings. The van der Waals surface area contributed by atoms with Gasteiger partial charge in [0.05, 0.1) is 17.4 Å². The van der Waals surface area contributed by atoms with Crippen molar-refractivity contribution in [3.8, 4) is 11.3 Å². The number of hydrogen-bond acceptors (Lipinski definition) is 6. The molecule has 1 saturated carbocycles. The molecule has 132 valence electrons. The molecular formula is C19H25N5O. The second-order valence-electron chi connectivity index (χ2n) is 6.34. The van der Waals surface area contributed by atoms with Crippen LogP contribution in [0.25, 0.3) is 11.3 Å². The summed E-state index contributed by atoms with van der Waals surface area (Å²) in [6.07, 6.45) is 8.71. The lowest BCUT2D eigenvalue weighted by atomic mass is 9.96. The van der Waals surface area contributed by atoms with E-state index in [2.05, 4.69) is 27.2 Å². The van der Waals surface area contributed by atoms with Gasteiger partial charge in [-0.25, -0.2) is 9.98 Å². The normalized spacial score (nSPS) is 17.4. The van der Waals surface area contributed by atoms with Gasteiger partial charge in [-0.05, 0) is 44.2 Å². The first-order valence-electron chi connectivity index (χ1n) is 9.03. The molecule has 3 rings (SSSR count). The van der Waals surface area contributed by atoms with Crippen LogP contribution >= 0.6 is 0 Å². The molecule has 0 aromatic carbocycles. The van der Waals surface area contributed by atoms with E-state index in [0.717, 1.165) is 62.0 Å². The van der Waals surface area contributed by atoms with Gasteiger partial charge in [-0.3, -0.25) is 4.98 Å². The lowest BCUT2D eigenvalue weighted by Gasteiger charge is -2.18. The van der Waals surface area contributed by atoms with Gasteiger partial charge in [0.15, 0.2) is 5.82 Å². The third-order valence-corrected chi connectivity index (χ3v) is 4.32. The molecule has 6 heteroatoms. The van der Waals surface area contributed by atoms with Crippen LogP contribution in [0, 0.1) is 0 Å². The summed E-state index contributed by atoms with van der Waals surface area (Å²) in [7, 11) is 0. The molecule has 2 heterocycles. The largest absolute Gasteiger partial charge is 0.393 e. The van der Waals surface area contributed by atoms with Crippen molar-refractivity contribution in [3.63, 3.8) is 0 Å². The van der Waals surface area contributed by atoms with E-state index in [9.17, 15) is 5.11 Å². The van der Waals surface area contributed by atoms with E-state index >= 15 is 0 Å². The van der Waals surface area contributed by atoms with Crippen molar-refractivity contribution in [3.05, 3.63) is 30.6 Å². The molecule has 0 unspecified atom stereocenters. The Morgan fingerprint density at radius 2 is 2.08 bits per heavy atom. The first kappa shape index (κ1) is 17.5. The second-order valence-corrected chi connectivity index (χ2v) is 6.34. The molecule has 1 fully saturated rings. The average Bonchev–Trinajstić information content (AvgIpc) is 2.65. The molecule has 25 heavy (non-hydrogen) atoms. The van der Waals surface area contributed by atoms with E-state index in [1.54, 1.807) is 12.4 Å². The highest BCUT2D eigenvalue weighted by molar-refractivity contribution is 5.89. The Balaban J connectivity index is 1.90. The van der Waals surface area contributed by atoms with Crippen molar-refractivity contribution in [2.45, 2.75) is 51.6 Å². The smallest absolute Gasteiger partial charge is 0.224 e. The number of anilines is 1. The monoisotopic (exact) mass is 339 g/mol. The van der Waals surface area contributed by atoms with Gasteiger partial charge in [-0.15, -0.1) is 0 Å². The number of nitrogens with one attached hydrogen (secondary N) is 1. The van der Waals surface area contributed by atoms with Crippen molar-refractivity contribution in [2.24, 2.45) is 4.99 Å². The molecule has 2 aromatic heterocycles. The maximum Gasteiger partial charge on any atom is 0.224 e. The van der Waals surface area contributed by atoms with E-state index in [-0.39, 0.29) is 6.10 Å². The lowest BCUT2D eigenvalue weighted by molar-refractivity contribution is 0.152. The topological polar surface area (TPSA) is 83.3 Å². The van der Waals surface area contributed by atoms with Crippen LogP contribution in [-0.4, -0.2) is 38.4 Å². The zero-order valence-corrected chi connectivity index (χ0v) is 14.6. The molecule has 0 radical (unpaired) electrons. The number of rotatable bonds is 6. The molecule has 0 amide bonds. The Morgan fingerprint density at radius 3 is 2.80 bits per heavy atom.